The third-order valence-corrected chi connectivity index (χ3v) is 5.97. The van der Waals surface area contributed by atoms with Crippen LogP contribution in [0.3, 0.4) is 0 Å². The van der Waals surface area contributed by atoms with Crippen LogP contribution in [0.15, 0.2) is 59.3 Å². The molecule has 0 saturated carbocycles. The van der Waals surface area contributed by atoms with Crippen molar-refractivity contribution in [2.75, 3.05) is 31.0 Å². The summed E-state index contributed by atoms with van der Waals surface area (Å²) in [5, 5.41) is 15.7. The Morgan fingerprint density at radius 3 is 2.63 bits per heavy atom. The first kappa shape index (κ1) is 26.7. The molecule has 0 aliphatic carbocycles. The number of fused-ring (bicyclic) bond motifs is 1. The second kappa shape index (κ2) is 12.3. The van der Waals surface area contributed by atoms with E-state index >= 15 is 0 Å². The highest BCUT2D eigenvalue weighted by atomic mass is 16.5. The molecule has 0 atom stereocenters. The van der Waals surface area contributed by atoms with Crippen molar-refractivity contribution < 1.29 is 28.6 Å². The van der Waals surface area contributed by atoms with E-state index in [9.17, 15) is 9.59 Å². The first-order valence-electron chi connectivity index (χ1n) is 12.4. The summed E-state index contributed by atoms with van der Waals surface area (Å²) >= 11 is 0. The number of furan rings is 1. The predicted molar refractivity (Wildman–Crippen MR) is 144 cm³/mol. The number of carbonyl (C=O) groups excluding carboxylic acids is 2. The van der Waals surface area contributed by atoms with Crippen LogP contribution in [0, 0.1) is 5.92 Å². The molecule has 0 bridgehead atoms. The van der Waals surface area contributed by atoms with Crippen molar-refractivity contribution >= 4 is 34.3 Å². The number of hydrogen-bond donors (Lipinski definition) is 3. The highest BCUT2D eigenvalue weighted by Crippen LogP contribution is 2.33. The number of pyridine rings is 1. The number of amides is 1. The number of nitrogens with one attached hydrogen (secondary N) is 2. The summed E-state index contributed by atoms with van der Waals surface area (Å²) in [4.78, 5) is 30.5. The smallest absolute Gasteiger partial charge is 0.356 e. The number of carbonyl (C=O) groups is 2. The van der Waals surface area contributed by atoms with Crippen LogP contribution in [-0.2, 0) is 17.8 Å². The Balaban J connectivity index is 1.68. The number of esters is 1. The van der Waals surface area contributed by atoms with Crippen LogP contribution in [0.2, 0.25) is 0 Å². The summed E-state index contributed by atoms with van der Waals surface area (Å²) in [6, 6.07) is 12.6. The Hall–Kier alpha value is -4.31. The summed E-state index contributed by atoms with van der Waals surface area (Å²) in [6.07, 6.45) is 3.92. The van der Waals surface area contributed by atoms with Gasteiger partial charge >= 0.3 is 5.97 Å². The van der Waals surface area contributed by atoms with E-state index in [2.05, 4.69) is 29.5 Å². The number of aliphatic hydroxyl groups is 1. The topological polar surface area (TPSA) is 128 Å². The number of rotatable bonds is 12. The Labute approximate surface area is 220 Å². The van der Waals surface area contributed by atoms with Crippen molar-refractivity contribution in [3.8, 4) is 5.75 Å². The molecule has 3 N–H and O–H groups in total. The number of benzene rings is 1. The van der Waals surface area contributed by atoms with E-state index in [1.807, 2.05) is 30.3 Å². The van der Waals surface area contributed by atoms with Crippen molar-refractivity contribution in [3.63, 3.8) is 0 Å². The lowest BCUT2D eigenvalue weighted by Crippen LogP contribution is -2.17. The number of ether oxygens (including phenoxy) is 2. The molecule has 4 rings (SSSR count). The molecule has 0 unspecified atom stereocenters. The van der Waals surface area contributed by atoms with Crippen LogP contribution in [0.5, 0.6) is 5.75 Å². The monoisotopic (exact) mass is 520 g/mol. The van der Waals surface area contributed by atoms with Crippen LogP contribution in [-0.4, -0.2) is 46.9 Å². The maximum Gasteiger partial charge on any atom is 0.356 e. The Bertz CT molecular complexity index is 1380. The fourth-order valence-electron chi connectivity index (χ4n) is 4.02. The average molecular weight is 521 g/mol. The van der Waals surface area contributed by atoms with Gasteiger partial charge in [-0.2, -0.15) is 0 Å². The maximum absolute atomic E-state index is 12.9. The van der Waals surface area contributed by atoms with Gasteiger partial charge in [0.25, 0.3) is 5.91 Å². The van der Waals surface area contributed by atoms with Gasteiger partial charge in [-0.05, 0) is 48.2 Å². The molecule has 10 heteroatoms. The minimum atomic E-state index is -0.570. The zero-order valence-corrected chi connectivity index (χ0v) is 21.7. The quantitative estimate of drug-likeness (QED) is 0.229. The summed E-state index contributed by atoms with van der Waals surface area (Å²) in [6.45, 7) is 5.44. The number of anilines is 2. The molecular weight excluding hydrogens is 488 g/mol. The molecule has 10 nitrogen and oxygen atoms in total. The molecule has 3 aromatic heterocycles. The molecule has 1 aromatic carbocycles. The van der Waals surface area contributed by atoms with Gasteiger partial charge in [0.05, 0.1) is 37.6 Å². The Morgan fingerprint density at radius 2 is 1.97 bits per heavy atom. The second-order valence-corrected chi connectivity index (χ2v) is 9.15. The van der Waals surface area contributed by atoms with Crippen LogP contribution in [0.1, 0.15) is 46.9 Å². The first-order valence-corrected chi connectivity index (χ1v) is 12.4. The molecule has 0 radical (unpaired) electrons. The first-order chi connectivity index (χ1) is 18.4. The summed E-state index contributed by atoms with van der Waals surface area (Å²) in [5.41, 5.74) is 2.84. The van der Waals surface area contributed by atoms with Gasteiger partial charge in [-0.15, -0.1) is 0 Å². The second-order valence-electron chi connectivity index (χ2n) is 9.15. The highest BCUT2D eigenvalue weighted by Gasteiger charge is 2.27. The Morgan fingerprint density at radius 1 is 1.18 bits per heavy atom. The van der Waals surface area contributed by atoms with Gasteiger partial charge in [-0.3, -0.25) is 4.79 Å². The molecule has 3 heterocycles. The van der Waals surface area contributed by atoms with Gasteiger partial charge in [-0.1, -0.05) is 26.0 Å². The molecule has 4 aromatic rings. The third-order valence-electron chi connectivity index (χ3n) is 5.97. The van der Waals surface area contributed by atoms with Gasteiger partial charge < -0.3 is 34.2 Å². The Kier molecular flexibility index (Phi) is 8.65. The van der Waals surface area contributed by atoms with Crippen LogP contribution in [0.4, 0.5) is 11.4 Å². The number of aliphatic hydroxyl groups excluding tert-OH is 1. The van der Waals surface area contributed by atoms with E-state index in [1.165, 1.54) is 13.4 Å². The van der Waals surface area contributed by atoms with Crippen molar-refractivity contribution in [1.82, 2.24) is 9.55 Å². The predicted octanol–water partition coefficient (Wildman–Crippen LogP) is 4.70. The van der Waals surface area contributed by atoms with Gasteiger partial charge in [0.1, 0.15) is 18.0 Å². The highest BCUT2D eigenvalue weighted by molar-refractivity contribution is 6.14. The molecular formula is C28H32N4O6. The number of hydrogen-bond acceptors (Lipinski definition) is 8. The van der Waals surface area contributed by atoms with Crippen molar-refractivity contribution in [2.24, 2.45) is 5.92 Å². The minimum Gasteiger partial charge on any atom is -0.491 e. The van der Waals surface area contributed by atoms with Crippen LogP contribution >= 0.6 is 0 Å². The summed E-state index contributed by atoms with van der Waals surface area (Å²) in [7, 11) is 1.31. The maximum atomic E-state index is 12.9. The van der Waals surface area contributed by atoms with Gasteiger partial charge in [-0.25, -0.2) is 9.78 Å². The molecule has 200 valence electrons. The lowest BCUT2D eigenvalue weighted by molar-refractivity contribution is 0.0589. The summed E-state index contributed by atoms with van der Waals surface area (Å²) < 4.78 is 17.5. The van der Waals surface area contributed by atoms with Crippen LogP contribution in [0.25, 0.3) is 11.0 Å². The fraction of sp³-hybridized carbons (Fsp3) is 0.321. The molecule has 0 fully saturated rings. The largest absolute Gasteiger partial charge is 0.491 e. The molecule has 1 amide bonds. The third kappa shape index (κ3) is 6.15. The molecule has 0 aliphatic heterocycles. The van der Waals surface area contributed by atoms with E-state index in [4.69, 9.17) is 19.0 Å². The fourth-order valence-corrected chi connectivity index (χ4v) is 4.02. The van der Waals surface area contributed by atoms with Crippen molar-refractivity contribution in [2.45, 2.75) is 33.4 Å². The van der Waals surface area contributed by atoms with E-state index in [0.717, 1.165) is 12.0 Å². The number of methoxy groups -OCH3 is 1. The van der Waals surface area contributed by atoms with E-state index in [-0.39, 0.29) is 24.7 Å². The number of aromatic nitrogens is 2. The van der Waals surface area contributed by atoms with Gasteiger partial charge in [0, 0.05) is 18.5 Å². The molecule has 0 aliphatic rings. The zero-order valence-electron chi connectivity index (χ0n) is 21.7. The zero-order chi connectivity index (χ0) is 27.1. The average Bonchev–Trinajstić information content (AvgIpc) is 3.57. The van der Waals surface area contributed by atoms with E-state index < -0.39 is 11.9 Å². The molecule has 38 heavy (non-hydrogen) atoms. The lowest BCUT2D eigenvalue weighted by Gasteiger charge is -2.12. The summed E-state index contributed by atoms with van der Waals surface area (Å²) in [5.74, 6) is 0.142. The van der Waals surface area contributed by atoms with Crippen molar-refractivity contribution in [3.05, 3.63) is 71.9 Å². The van der Waals surface area contributed by atoms with Gasteiger partial charge in [0.2, 0.25) is 0 Å². The number of aryl methyl sites for hydroxylation is 1. The number of nitrogens with zero attached hydrogens (tertiary/aromatic N) is 2. The normalized spacial score (nSPS) is 11.1. The van der Waals surface area contributed by atoms with E-state index in [0.29, 0.717) is 47.2 Å². The SMILES string of the molecule is COC(=O)c1c(NC(=O)c2ccco2)c2cc(NCc3ccc(OCCO)cc3)cnc2n1CCC(C)C. The van der Waals surface area contributed by atoms with Gasteiger partial charge in [0.15, 0.2) is 11.5 Å². The van der Waals surface area contributed by atoms with Crippen LogP contribution < -0.4 is 15.4 Å². The standard InChI is InChI=1S/C28H32N4O6/c1-18(2)10-11-32-25(28(35)36-3)24(31-27(34)23-5-4-13-38-23)22-15-20(17-30-26(22)32)29-16-19-6-8-21(9-7-19)37-14-12-33/h4-9,13,15,17-18,29,33H,10-12,14,16H2,1-3H3,(H,31,34). The minimum absolute atomic E-state index is 0.0420. The molecule has 0 spiro atoms. The molecule has 0 saturated heterocycles. The van der Waals surface area contributed by atoms with E-state index in [1.54, 1.807) is 22.9 Å². The lowest BCUT2D eigenvalue weighted by atomic mass is 10.1. The van der Waals surface area contributed by atoms with Crippen molar-refractivity contribution in [1.29, 1.82) is 0 Å².